The number of aromatic nitrogens is 1. The lowest BCUT2D eigenvalue weighted by Gasteiger charge is -2.05. The van der Waals surface area contributed by atoms with Crippen molar-refractivity contribution in [2.45, 2.75) is 6.92 Å². The summed E-state index contributed by atoms with van der Waals surface area (Å²) in [5, 5.41) is 19.5. The maximum Gasteiger partial charge on any atom is 0.272 e. The third-order valence-electron chi connectivity index (χ3n) is 4.13. The fourth-order valence-electron chi connectivity index (χ4n) is 2.61. The summed E-state index contributed by atoms with van der Waals surface area (Å²) in [4.78, 5) is 26.8. The van der Waals surface area contributed by atoms with Crippen LogP contribution < -0.4 is 22.3 Å². The lowest BCUT2D eigenvalue weighted by Crippen LogP contribution is -2.27. The van der Waals surface area contributed by atoms with Gasteiger partial charge in [0.2, 0.25) is 11.9 Å². The Labute approximate surface area is 165 Å². The Bertz CT molecular complexity index is 1130. The normalized spacial score (nSPS) is 12.1. The molecule has 0 aliphatic rings. The number of rotatable bonds is 5. The van der Waals surface area contributed by atoms with E-state index in [-0.39, 0.29) is 11.9 Å². The van der Waals surface area contributed by atoms with Crippen LogP contribution in [-0.4, -0.2) is 33.7 Å². The minimum absolute atomic E-state index is 0.227. The smallest absolute Gasteiger partial charge is 0.272 e. The van der Waals surface area contributed by atoms with Crippen molar-refractivity contribution in [2.75, 3.05) is 5.32 Å². The van der Waals surface area contributed by atoms with Crippen molar-refractivity contribution in [1.82, 2.24) is 10.5 Å². The van der Waals surface area contributed by atoms with Gasteiger partial charge >= 0.3 is 0 Å². The second-order valence-electron chi connectivity index (χ2n) is 6.16. The Morgan fingerprint density at radius 2 is 1.69 bits per heavy atom. The number of carbonyl (C=O) groups excluding carboxylic acids is 2. The average Bonchev–Trinajstić information content (AvgIpc) is 3.15. The highest BCUT2D eigenvalue weighted by molar-refractivity contribution is 6.07. The molecule has 0 saturated carbocycles. The van der Waals surface area contributed by atoms with Gasteiger partial charge in [-0.3, -0.25) is 14.8 Å². The van der Waals surface area contributed by atoms with E-state index in [1.807, 2.05) is 0 Å². The first kappa shape index (κ1) is 19.6. The van der Waals surface area contributed by atoms with Crippen LogP contribution in [0.25, 0.3) is 10.9 Å². The van der Waals surface area contributed by atoms with Gasteiger partial charge in [0.25, 0.3) is 5.91 Å². The average molecular weight is 393 g/mol. The second kappa shape index (κ2) is 8.23. The van der Waals surface area contributed by atoms with Crippen LogP contribution in [-0.2, 0) is 0 Å². The van der Waals surface area contributed by atoms with E-state index in [9.17, 15) is 9.59 Å². The van der Waals surface area contributed by atoms with Crippen molar-refractivity contribution in [3.63, 3.8) is 0 Å². The van der Waals surface area contributed by atoms with Crippen LogP contribution in [0.4, 0.5) is 5.69 Å². The third kappa shape index (κ3) is 4.57. The molecule has 0 fully saturated rings. The predicted molar refractivity (Wildman–Crippen MR) is 110 cm³/mol. The monoisotopic (exact) mass is 393 g/mol. The van der Waals surface area contributed by atoms with Gasteiger partial charge in [-0.25, -0.2) is 5.48 Å². The molecule has 3 aromatic rings. The predicted octanol–water partition coefficient (Wildman–Crippen LogP) is 1.54. The number of hydrogen-bond donors (Lipinski definition) is 6. The molecule has 0 aliphatic carbocycles. The summed E-state index contributed by atoms with van der Waals surface area (Å²) in [6.45, 7) is 1.73. The number of nitrogens with one attached hydrogen (secondary N) is 3. The molecule has 29 heavy (non-hydrogen) atoms. The first-order chi connectivity index (χ1) is 13.9. The Morgan fingerprint density at radius 3 is 2.34 bits per heavy atom. The molecule has 8 N–H and O–H groups in total. The molecule has 0 saturated heterocycles. The number of nitrogens with two attached hydrogens (primary N) is 2. The highest BCUT2D eigenvalue weighted by Gasteiger charge is 2.11. The summed E-state index contributed by atoms with van der Waals surface area (Å²) in [5.74, 6) is -1.08. The van der Waals surface area contributed by atoms with Crippen molar-refractivity contribution < 1.29 is 14.8 Å². The number of hydroxylamine groups is 1. The van der Waals surface area contributed by atoms with Gasteiger partial charge in [0.1, 0.15) is 5.69 Å². The summed E-state index contributed by atoms with van der Waals surface area (Å²) in [5.41, 5.74) is 15.6. The molecule has 10 heteroatoms. The van der Waals surface area contributed by atoms with E-state index in [1.165, 1.54) is 0 Å². The van der Waals surface area contributed by atoms with Crippen molar-refractivity contribution in [2.24, 2.45) is 21.7 Å². The molecule has 10 nitrogen and oxygen atoms in total. The number of aromatic amines is 1. The van der Waals surface area contributed by atoms with Gasteiger partial charge in [0, 0.05) is 22.2 Å². The van der Waals surface area contributed by atoms with Crippen LogP contribution >= 0.6 is 0 Å². The Morgan fingerprint density at radius 1 is 1.00 bits per heavy atom. The third-order valence-corrected chi connectivity index (χ3v) is 4.13. The topological polar surface area (TPSA) is 171 Å². The molecule has 2 amide bonds. The largest absolute Gasteiger partial charge is 0.367 e. The standard InChI is InChI=1S/C19H19N7O3/c1-10(24-25-19(21)26-29)11-2-5-14(6-3-11)22-18(28)16-9-13-8-12(17(20)27)4-7-15(13)23-16/h2-9,23,29H,1H3,(H2,20,27)(H,22,28)(H3,21,25,26)/b24-10-. The number of H-pyrrole nitrogens is 1. The fraction of sp³-hybridized carbons (Fsp3) is 0.0526. The van der Waals surface area contributed by atoms with Crippen molar-refractivity contribution in [3.05, 3.63) is 65.4 Å². The number of primary amides is 1. The number of hydrogen-bond acceptors (Lipinski definition) is 5. The number of guanidine groups is 1. The van der Waals surface area contributed by atoms with Crippen molar-refractivity contribution >= 4 is 40.1 Å². The van der Waals surface area contributed by atoms with Crippen LogP contribution in [0.5, 0.6) is 0 Å². The van der Waals surface area contributed by atoms with Crippen LogP contribution in [0.1, 0.15) is 33.3 Å². The minimum atomic E-state index is -0.529. The van der Waals surface area contributed by atoms with Crippen LogP contribution in [0.3, 0.4) is 0 Å². The number of benzene rings is 2. The van der Waals surface area contributed by atoms with E-state index >= 15 is 0 Å². The van der Waals surface area contributed by atoms with Crippen molar-refractivity contribution in [3.8, 4) is 0 Å². The van der Waals surface area contributed by atoms with Gasteiger partial charge in [0.05, 0.1) is 5.71 Å². The van der Waals surface area contributed by atoms with E-state index in [0.717, 1.165) is 11.1 Å². The maximum atomic E-state index is 12.5. The van der Waals surface area contributed by atoms with E-state index in [4.69, 9.17) is 16.7 Å². The molecule has 0 atom stereocenters. The van der Waals surface area contributed by atoms with Gasteiger partial charge in [-0.05, 0) is 48.9 Å². The summed E-state index contributed by atoms with van der Waals surface area (Å²) in [6.07, 6.45) is 0. The molecule has 3 rings (SSSR count). The molecule has 0 spiro atoms. The van der Waals surface area contributed by atoms with Crippen molar-refractivity contribution in [1.29, 1.82) is 0 Å². The number of fused-ring (bicyclic) bond motifs is 1. The Hall–Kier alpha value is -4.18. The van der Waals surface area contributed by atoms with Crippen LogP contribution in [0.2, 0.25) is 0 Å². The first-order valence-corrected chi connectivity index (χ1v) is 8.49. The number of nitrogens with zero attached hydrogens (tertiary/aromatic N) is 2. The summed E-state index contributed by atoms with van der Waals surface area (Å²) in [6, 6.07) is 13.5. The SMILES string of the molecule is C/C(=N/N=C(N)NO)c1ccc(NC(=O)c2cc3cc(C(N)=O)ccc3[nH]2)cc1. The molecule has 0 radical (unpaired) electrons. The zero-order chi connectivity index (χ0) is 21.0. The molecule has 0 unspecified atom stereocenters. The first-order valence-electron chi connectivity index (χ1n) is 8.49. The van der Waals surface area contributed by atoms with E-state index in [2.05, 4.69) is 20.5 Å². The molecule has 0 aliphatic heterocycles. The van der Waals surface area contributed by atoms with Crippen LogP contribution in [0, 0.1) is 0 Å². The summed E-state index contributed by atoms with van der Waals surface area (Å²) >= 11 is 0. The van der Waals surface area contributed by atoms with Gasteiger partial charge < -0.3 is 21.8 Å². The fourth-order valence-corrected chi connectivity index (χ4v) is 2.61. The molecular formula is C19H19N7O3. The van der Waals surface area contributed by atoms with Crippen LogP contribution in [0.15, 0.2) is 58.7 Å². The molecule has 148 valence electrons. The second-order valence-corrected chi connectivity index (χ2v) is 6.16. The highest BCUT2D eigenvalue weighted by Crippen LogP contribution is 2.19. The minimum Gasteiger partial charge on any atom is -0.367 e. The zero-order valence-corrected chi connectivity index (χ0v) is 15.4. The lowest BCUT2D eigenvalue weighted by molar-refractivity contribution is 0.0997. The molecular weight excluding hydrogens is 374 g/mol. The van der Waals surface area contributed by atoms with Gasteiger partial charge in [-0.1, -0.05) is 12.1 Å². The molecule has 2 aromatic carbocycles. The molecule has 0 bridgehead atoms. The number of anilines is 1. The summed E-state index contributed by atoms with van der Waals surface area (Å²) < 4.78 is 0. The zero-order valence-electron chi connectivity index (χ0n) is 15.4. The van der Waals surface area contributed by atoms with Gasteiger partial charge in [-0.15, -0.1) is 5.10 Å². The Balaban J connectivity index is 1.74. The number of carbonyl (C=O) groups is 2. The number of amides is 2. The molecule has 1 heterocycles. The van der Waals surface area contributed by atoms with Gasteiger partial charge in [0.15, 0.2) is 0 Å². The summed E-state index contributed by atoms with van der Waals surface area (Å²) in [7, 11) is 0. The van der Waals surface area contributed by atoms with Gasteiger partial charge in [-0.2, -0.15) is 5.10 Å². The quantitative estimate of drug-likeness (QED) is 0.219. The Kier molecular flexibility index (Phi) is 5.56. The van der Waals surface area contributed by atoms with E-state index < -0.39 is 5.91 Å². The molecule has 1 aromatic heterocycles. The maximum absolute atomic E-state index is 12.5. The van der Waals surface area contributed by atoms with E-state index in [0.29, 0.717) is 28.0 Å². The highest BCUT2D eigenvalue weighted by atomic mass is 16.5. The lowest BCUT2D eigenvalue weighted by atomic mass is 10.1. The van der Waals surface area contributed by atoms with E-state index in [1.54, 1.807) is 60.9 Å².